The number of nitrogens with zero attached hydrogens (tertiary/aromatic N) is 2. The Balaban J connectivity index is 2.30. The quantitative estimate of drug-likeness (QED) is 0.208. The number of amides is 4. The van der Waals surface area contributed by atoms with Crippen LogP contribution in [0.25, 0.3) is 0 Å². The third-order valence-electron chi connectivity index (χ3n) is 4.03. The maximum absolute atomic E-state index is 12.3. The van der Waals surface area contributed by atoms with E-state index >= 15 is 0 Å². The van der Waals surface area contributed by atoms with Gasteiger partial charge in [-0.3, -0.25) is 24.1 Å². The molecule has 1 atom stereocenters. The number of nitrogens with one attached hydrogen (secondary N) is 2. The number of rotatable bonds is 11. The van der Waals surface area contributed by atoms with Gasteiger partial charge in [0.25, 0.3) is 11.8 Å². The maximum Gasteiger partial charge on any atom is 0.334 e. The Bertz CT molecular complexity index is 562. The molecule has 0 aliphatic carbocycles. The van der Waals surface area contributed by atoms with Crippen LogP contribution >= 0.6 is 0 Å². The molecule has 4 amide bonds. The minimum atomic E-state index is -0.754. The zero-order valence-electron chi connectivity index (χ0n) is 16.1. The highest BCUT2D eigenvalue weighted by Gasteiger charge is 2.32. The van der Waals surface area contributed by atoms with Gasteiger partial charge in [-0.15, -0.1) is 5.06 Å². The van der Waals surface area contributed by atoms with E-state index in [1.54, 1.807) is 19.0 Å². The zero-order chi connectivity index (χ0) is 20.4. The van der Waals surface area contributed by atoms with Crippen LogP contribution in [0.2, 0.25) is 0 Å². The van der Waals surface area contributed by atoms with Crippen molar-refractivity contribution in [3.05, 3.63) is 0 Å². The Morgan fingerprint density at radius 1 is 1.07 bits per heavy atom. The van der Waals surface area contributed by atoms with Crippen molar-refractivity contribution in [2.45, 2.75) is 51.5 Å². The summed E-state index contributed by atoms with van der Waals surface area (Å²) < 4.78 is 0. The van der Waals surface area contributed by atoms with Crippen LogP contribution in [0.4, 0.5) is 0 Å². The van der Waals surface area contributed by atoms with Gasteiger partial charge in [-0.25, -0.2) is 4.79 Å². The topological polar surface area (TPSA) is 125 Å². The first-order valence-electron chi connectivity index (χ1n) is 8.97. The second-order valence-electron chi connectivity index (χ2n) is 6.54. The molecule has 1 rings (SSSR count). The van der Waals surface area contributed by atoms with E-state index in [0.29, 0.717) is 18.0 Å². The lowest BCUT2D eigenvalue weighted by Gasteiger charge is -2.23. The van der Waals surface area contributed by atoms with Crippen molar-refractivity contribution >= 4 is 29.6 Å². The summed E-state index contributed by atoms with van der Waals surface area (Å²) in [5, 5.41) is 5.85. The number of hydrogen-bond acceptors (Lipinski definition) is 7. The molecule has 152 valence electrons. The van der Waals surface area contributed by atoms with E-state index in [1.165, 1.54) is 6.92 Å². The number of imide groups is 1. The van der Waals surface area contributed by atoms with E-state index in [1.807, 2.05) is 0 Å². The van der Waals surface area contributed by atoms with Crippen LogP contribution in [0, 0.1) is 0 Å². The van der Waals surface area contributed by atoms with Gasteiger partial charge in [0.1, 0.15) is 0 Å². The first kappa shape index (κ1) is 22.6. The van der Waals surface area contributed by atoms with Crippen LogP contribution in [-0.2, 0) is 28.8 Å². The SMILES string of the molecule is CN(C)C(CCCC[15NH][13C]([13CH3])=O)C(=O)N[13CH2]CC(=O)ON1C(=O)CCC1=O. The molecule has 10 nitrogen and oxygen atoms in total. The third kappa shape index (κ3) is 8.16. The maximum atomic E-state index is 12.3. The normalized spacial score (nSPS) is 15.0. The average molecular weight is 388 g/mol. The molecule has 0 aromatic carbocycles. The van der Waals surface area contributed by atoms with Crippen LogP contribution < -0.4 is 10.6 Å². The Kier molecular flexibility index (Phi) is 9.41. The summed E-state index contributed by atoms with van der Waals surface area (Å²) in [4.78, 5) is 64.1. The first-order valence-corrected chi connectivity index (χ1v) is 8.97. The molecule has 1 aliphatic heterocycles. The Hall–Kier alpha value is -2.49. The van der Waals surface area contributed by atoms with E-state index in [0.717, 1.165) is 12.8 Å². The Morgan fingerprint density at radius 3 is 2.26 bits per heavy atom. The van der Waals surface area contributed by atoms with Gasteiger partial charge in [0, 0.05) is 32.9 Å². The summed E-state index contributed by atoms with van der Waals surface area (Å²) in [5.74, 6) is -2.13. The van der Waals surface area contributed by atoms with E-state index in [9.17, 15) is 24.0 Å². The summed E-state index contributed by atoms with van der Waals surface area (Å²) in [5.41, 5.74) is 0. The summed E-state index contributed by atoms with van der Waals surface area (Å²) in [6, 6.07) is -0.361. The highest BCUT2D eigenvalue weighted by Crippen LogP contribution is 2.12. The van der Waals surface area contributed by atoms with Crippen LogP contribution in [-0.4, -0.2) is 72.8 Å². The number of hydrogen-bond donors (Lipinski definition) is 2. The van der Waals surface area contributed by atoms with Crippen molar-refractivity contribution in [1.82, 2.24) is 20.6 Å². The number of carbonyl (C=O) groups is 5. The second kappa shape index (κ2) is 11.3. The Labute approximate surface area is 158 Å². The summed E-state index contributed by atoms with van der Waals surface area (Å²) >= 11 is 0. The van der Waals surface area contributed by atoms with Gasteiger partial charge >= 0.3 is 5.97 Å². The Morgan fingerprint density at radius 2 is 1.70 bits per heavy atom. The van der Waals surface area contributed by atoms with Crippen LogP contribution in [0.5, 0.6) is 0 Å². The van der Waals surface area contributed by atoms with E-state index in [4.69, 9.17) is 4.84 Å². The molecular weight excluding hydrogens is 360 g/mol. The molecule has 0 bridgehead atoms. The van der Waals surface area contributed by atoms with Gasteiger partial charge in [-0.2, -0.15) is 0 Å². The molecule has 0 aromatic rings. The average Bonchev–Trinajstić information content (AvgIpc) is 2.89. The second-order valence-corrected chi connectivity index (χ2v) is 6.54. The van der Waals surface area contributed by atoms with Crippen molar-refractivity contribution in [3.63, 3.8) is 0 Å². The summed E-state index contributed by atoms with van der Waals surface area (Å²) in [6.07, 6.45) is 2.06. The molecule has 0 aromatic heterocycles. The predicted molar refractivity (Wildman–Crippen MR) is 94.8 cm³/mol. The molecule has 1 heterocycles. The lowest BCUT2D eigenvalue weighted by Crippen LogP contribution is -2.44. The molecule has 1 saturated heterocycles. The highest BCUT2D eigenvalue weighted by molar-refractivity contribution is 6.01. The molecule has 0 radical (unpaired) electrons. The molecule has 10 heteroatoms. The van der Waals surface area contributed by atoms with Crippen LogP contribution in [0.3, 0.4) is 0 Å². The molecule has 27 heavy (non-hydrogen) atoms. The standard InChI is InChI=1S/C17H28N4O6/c1-12(22)18-10-5-4-6-13(20(2)3)17(26)19-11-9-16(25)27-21-14(23)7-8-15(21)24/h13H,4-11H2,1-3H3,(H,18,22)(H,19,26)/i1+1,11+1,12+1,18+1. The van der Waals surface area contributed by atoms with Crippen LogP contribution in [0.1, 0.15) is 45.4 Å². The van der Waals surface area contributed by atoms with Crippen molar-refractivity contribution in [2.24, 2.45) is 0 Å². The minimum absolute atomic E-state index is 0.0370. The van der Waals surface area contributed by atoms with Crippen molar-refractivity contribution in [3.8, 4) is 0 Å². The van der Waals surface area contributed by atoms with Gasteiger partial charge in [0.2, 0.25) is 11.8 Å². The van der Waals surface area contributed by atoms with Gasteiger partial charge < -0.3 is 15.5 Å². The van der Waals surface area contributed by atoms with Crippen LogP contribution in [0.15, 0.2) is 0 Å². The number of carbonyl (C=O) groups excluding carboxylic acids is 5. The minimum Gasteiger partial charge on any atom is -0.356 e. The van der Waals surface area contributed by atoms with Crippen molar-refractivity contribution < 1.29 is 28.8 Å². The largest absolute Gasteiger partial charge is 0.356 e. The van der Waals surface area contributed by atoms with Crippen molar-refractivity contribution in [2.75, 3.05) is 27.2 Å². The summed E-state index contributed by atoms with van der Waals surface area (Å²) in [6.45, 7) is 2.07. The fourth-order valence-electron chi connectivity index (χ4n) is 2.56. The predicted octanol–water partition coefficient (Wildman–Crippen LogP) is -0.663. The highest BCUT2D eigenvalue weighted by atomic mass is 16.7. The molecule has 0 saturated carbocycles. The van der Waals surface area contributed by atoms with Gasteiger partial charge in [-0.05, 0) is 33.4 Å². The number of unbranched alkanes of at least 4 members (excludes halogenated alkanes) is 1. The van der Waals surface area contributed by atoms with E-state index in [-0.39, 0.29) is 43.7 Å². The fourth-order valence-corrected chi connectivity index (χ4v) is 2.56. The fraction of sp³-hybridized carbons (Fsp3) is 0.706. The monoisotopic (exact) mass is 388 g/mol. The number of hydroxylamine groups is 2. The van der Waals surface area contributed by atoms with E-state index < -0.39 is 17.8 Å². The van der Waals surface area contributed by atoms with Gasteiger partial charge in [-0.1, -0.05) is 0 Å². The number of likely N-dealkylation sites (N-methyl/N-ethyl adjacent to an activating group) is 1. The molecule has 1 unspecified atom stereocenters. The first-order chi connectivity index (χ1) is 12.7. The molecule has 0 spiro atoms. The van der Waals surface area contributed by atoms with E-state index in [2.05, 4.69) is 10.6 Å². The van der Waals surface area contributed by atoms with Crippen molar-refractivity contribution in [1.29, 1.82) is 0 Å². The van der Waals surface area contributed by atoms with Gasteiger partial charge in [0.15, 0.2) is 0 Å². The lowest BCUT2D eigenvalue weighted by atomic mass is 10.1. The molecular formula is C17H28N4O6. The molecule has 2 N–H and O–H groups in total. The van der Waals surface area contributed by atoms with Gasteiger partial charge in [0.05, 0.1) is 12.5 Å². The third-order valence-corrected chi connectivity index (χ3v) is 4.03. The summed E-state index contributed by atoms with van der Waals surface area (Å²) in [7, 11) is 3.58. The smallest absolute Gasteiger partial charge is 0.334 e. The lowest BCUT2D eigenvalue weighted by molar-refractivity contribution is -0.197. The zero-order valence-corrected chi connectivity index (χ0v) is 16.1. The molecule has 1 aliphatic rings. The molecule has 1 fully saturated rings.